The summed E-state index contributed by atoms with van der Waals surface area (Å²) in [6, 6.07) is 0. The van der Waals surface area contributed by atoms with Crippen molar-refractivity contribution in [2.24, 2.45) is 11.3 Å². The van der Waals surface area contributed by atoms with E-state index in [9.17, 15) is 4.79 Å². The van der Waals surface area contributed by atoms with E-state index in [2.05, 4.69) is 32.0 Å². The highest BCUT2D eigenvalue weighted by Gasteiger charge is 2.49. The van der Waals surface area contributed by atoms with Crippen LogP contribution in [0.1, 0.15) is 46.5 Å². The molecule has 1 rings (SSSR count). The van der Waals surface area contributed by atoms with Gasteiger partial charge in [-0.3, -0.25) is 0 Å². The summed E-state index contributed by atoms with van der Waals surface area (Å²) in [6.45, 7) is 6.16. The Bertz CT molecular complexity index is 311. The van der Waals surface area contributed by atoms with Gasteiger partial charge in [0, 0.05) is 5.92 Å². The first kappa shape index (κ1) is 12.9. The molecule has 16 heavy (non-hydrogen) atoms. The fourth-order valence-corrected chi connectivity index (χ4v) is 2.82. The molecule has 0 heterocycles. The Morgan fingerprint density at radius 3 is 2.56 bits per heavy atom. The van der Waals surface area contributed by atoms with Gasteiger partial charge in [-0.05, 0) is 18.3 Å². The van der Waals surface area contributed by atoms with Gasteiger partial charge in [-0.2, -0.15) is 0 Å². The van der Waals surface area contributed by atoms with E-state index in [0.717, 1.165) is 25.7 Å². The largest absolute Gasteiger partial charge is 0.465 e. The molecule has 0 unspecified atom stereocenters. The molecule has 2 N–H and O–H groups in total. The van der Waals surface area contributed by atoms with E-state index < -0.39 is 11.6 Å². The van der Waals surface area contributed by atoms with E-state index >= 15 is 0 Å². The second-order valence-corrected chi connectivity index (χ2v) is 5.62. The van der Waals surface area contributed by atoms with Crippen LogP contribution in [0.4, 0.5) is 4.79 Å². The minimum Gasteiger partial charge on any atom is -0.465 e. The Balaban J connectivity index is 3.10. The fraction of sp³-hybridized carbons (Fsp3) is 0.769. The second kappa shape index (κ2) is 4.37. The van der Waals surface area contributed by atoms with Crippen LogP contribution < -0.4 is 5.32 Å². The lowest BCUT2D eigenvalue weighted by Crippen LogP contribution is -2.62. The minimum absolute atomic E-state index is 0.00245. The van der Waals surface area contributed by atoms with Gasteiger partial charge in [0.25, 0.3) is 0 Å². The summed E-state index contributed by atoms with van der Waals surface area (Å²) in [5, 5.41) is 11.7. The molecule has 3 nitrogen and oxygen atoms in total. The SMILES string of the molecule is C#C[C@@H]1CCCC[C@]1(NC(=O)O)C(C)(C)C. The summed E-state index contributed by atoms with van der Waals surface area (Å²) < 4.78 is 0. The smallest absolute Gasteiger partial charge is 0.405 e. The van der Waals surface area contributed by atoms with Crippen LogP contribution in [-0.4, -0.2) is 16.7 Å². The summed E-state index contributed by atoms with van der Waals surface area (Å²) in [4.78, 5) is 11.0. The molecule has 0 saturated heterocycles. The highest BCUT2D eigenvalue weighted by molar-refractivity contribution is 5.66. The van der Waals surface area contributed by atoms with Gasteiger partial charge in [-0.1, -0.05) is 33.6 Å². The van der Waals surface area contributed by atoms with Crippen LogP contribution in [0.25, 0.3) is 0 Å². The van der Waals surface area contributed by atoms with Crippen LogP contribution in [0, 0.1) is 23.7 Å². The molecule has 0 bridgehead atoms. The number of carbonyl (C=O) groups is 1. The lowest BCUT2D eigenvalue weighted by atomic mass is 9.60. The average molecular weight is 223 g/mol. The van der Waals surface area contributed by atoms with Crippen molar-refractivity contribution < 1.29 is 9.90 Å². The summed E-state index contributed by atoms with van der Waals surface area (Å²) in [7, 11) is 0. The summed E-state index contributed by atoms with van der Waals surface area (Å²) in [5.74, 6) is 2.78. The summed E-state index contributed by atoms with van der Waals surface area (Å²) >= 11 is 0. The van der Waals surface area contributed by atoms with Gasteiger partial charge in [-0.15, -0.1) is 12.3 Å². The van der Waals surface area contributed by atoms with Crippen LogP contribution in [0.15, 0.2) is 0 Å². The van der Waals surface area contributed by atoms with E-state index in [4.69, 9.17) is 11.5 Å². The predicted octanol–water partition coefficient (Wildman–Crippen LogP) is 2.86. The maximum atomic E-state index is 11.0. The first-order chi connectivity index (χ1) is 7.33. The third kappa shape index (κ3) is 2.16. The lowest BCUT2D eigenvalue weighted by Gasteiger charge is -2.50. The Hall–Kier alpha value is -1.17. The first-order valence-corrected chi connectivity index (χ1v) is 5.81. The molecule has 1 aliphatic rings. The molecule has 2 atom stereocenters. The fourth-order valence-electron chi connectivity index (χ4n) is 2.82. The van der Waals surface area contributed by atoms with Crippen molar-refractivity contribution >= 4 is 6.09 Å². The quantitative estimate of drug-likeness (QED) is 0.671. The molecule has 3 heteroatoms. The van der Waals surface area contributed by atoms with E-state index in [1.807, 2.05) is 0 Å². The van der Waals surface area contributed by atoms with Gasteiger partial charge < -0.3 is 10.4 Å². The van der Waals surface area contributed by atoms with Crippen LogP contribution >= 0.6 is 0 Å². The highest BCUT2D eigenvalue weighted by Crippen LogP contribution is 2.45. The highest BCUT2D eigenvalue weighted by atomic mass is 16.4. The van der Waals surface area contributed by atoms with Crippen molar-refractivity contribution in [2.75, 3.05) is 0 Å². The van der Waals surface area contributed by atoms with E-state index in [0.29, 0.717) is 0 Å². The van der Waals surface area contributed by atoms with Gasteiger partial charge >= 0.3 is 6.09 Å². The van der Waals surface area contributed by atoms with Crippen molar-refractivity contribution in [3.63, 3.8) is 0 Å². The third-order valence-corrected chi connectivity index (χ3v) is 3.78. The molecule has 1 fully saturated rings. The number of hydrogen-bond acceptors (Lipinski definition) is 1. The van der Waals surface area contributed by atoms with Crippen LogP contribution in [0.3, 0.4) is 0 Å². The minimum atomic E-state index is -0.975. The number of carboxylic acid groups (broad SMARTS) is 1. The molecule has 1 saturated carbocycles. The number of terminal acetylenes is 1. The van der Waals surface area contributed by atoms with Crippen molar-refractivity contribution in [1.29, 1.82) is 0 Å². The zero-order chi connectivity index (χ0) is 12.4. The third-order valence-electron chi connectivity index (χ3n) is 3.78. The Kier molecular flexibility index (Phi) is 3.52. The molecule has 1 amide bonds. The number of rotatable bonds is 1. The van der Waals surface area contributed by atoms with E-state index in [1.54, 1.807) is 0 Å². The standard InChI is InChI=1S/C13H21NO2/c1-5-10-8-6-7-9-13(10,12(2,3)4)14-11(15)16/h1,10,14H,6-9H2,2-4H3,(H,15,16)/t10-,13-/m1/s1. The first-order valence-electron chi connectivity index (χ1n) is 5.81. The maximum absolute atomic E-state index is 11.0. The lowest BCUT2D eigenvalue weighted by molar-refractivity contribution is 0.0546. The second-order valence-electron chi connectivity index (χ2n) is 5.62. The van der Waals surface area contributed by atoms with E-state index in [-0.39, 0.29) is 11.3 Å². The predicted molar refractivity (Wildman–Crippen MR) is 64.1 cm³/mol. The van der Waals surface area contributed by atoms with Crippen LogP contribution in [0.2, 0.25) is 0 Å². The van der Waals surface area contributed by atoms with Gasteiger partial charge in [0.2, 0.25) is 0 Å². The number of hydrogen-bond donors (Lipinski definition) is 2. The number of nitrogens with one attached hydrogen (secondary N) is 1. The van der Waals surface area contributed by atoms with E-state index in [1.165, 1.54) is 0 Å². The van der Waals surface area contributed by atoms with Crippen molar-refractivity contribution in [3.8, 4) is 12.3 Å². The molecule has 0 aromatic carbocycles. The molecule has 0 aromatic rings. The zero-order valence-corrected chi connectivity index (χ0v) is 10.3. The van der Waals surface area contributed by atoms with Crippen molar-refractivity contribution in [3.05, 3.63) is 0 Å². The average Bonchev–Trinajstić information content (AvgIpc) is 2.15. The normalized spacial score (nSPS) is 30.5. The van der Waals surface area contributed by atoms with Gasteiger partial charge in [0.05, 0.1) is 5.54 Å². The van der Waals surface area contributed by atoms with Crippen LogP contribution in [-0.2, 0) is 0 Å². The number of amides is 1. The maximum Gasteiger partial charge on any atom is 0.405 e. The molecular weight excluding hydrogens is 202 g/mol. The Morgan fingerprint density at radius 2 is 2.12 bits per heavy atom. The topological polar surface area (TPSA) is 49.3 Å². The Morgan fingerprint density at radius 1 is 1.50 bits per heavy atom. The van der Waals surface area contributed by atoms with Gasteiger partial charge in [0.1, 0.15) is 0 Å². The van der Waals surface area contributed by atoms with Crippen LogP contribution in [0.5, 0.6) is 0 Å². The molecule has 0 radical (unpaired) electrons. The molecule has 0 spiro atoms. The van der Waals surface area contributed by atoms with Crippen molar-refractivity contribution in [2.45, 2.75) is 52.0 Å². The van der Waals surface area contributed by atoms with Crippen molar-refractivity contribution in [1.82, 2.24) is 5.32 Å². The zero-order valence-electron chi connectivity index (χ0n) is 10.3. The molecule has 90 valence electrons. The molecule has 1 aliphatic carbocycles. The summed E-state index contributed by atoms with van der Waals surface area (Å²) in [6.07, 6.45) is 8.46. The van der Waals surface area contributed by atoms with Gasteiger partial charge in [-0.25, -0.2) is 4.79 Å². The Labute approximate surface area is 97.6 Å². The summed E-state index contributed by atoms with van der Waals surface area (Å²) in [5.41, 5.74) is -0.644. The molecular formula is C13H21NO2. The molecule has 0 aliphatic heterocycles. The molecule has 0 aromatic heterocycles. The van der Waals surface area contributed by atoms with Gasteiger partial charge in [0.15, 0.2) is 0 Å². The monoisotopic (exact) mass is 223 g/mol.